The molecule has 0 spiro atoms. The quantitative estimate of drug-likeness (QED) is 0.866. The molecule has 2 aliphatic rings. The highest BCUT2D eigenvalue weighted by Crippen LogP contribution is 2.37. The van der Waals surface area contributed by atoms with E-state index in [2.05, 4.69) is 42.2 Å². The van der Waals surface area contributed by atoms with Crippen molar-refractivity contribution in [1.82, 2.24) is 4.90 Å². The third kappa shape index (κ3) is 2.19. The van der Waals surface area contributed by atoms with Gasteiger partial charge in [-0.2, -0.15) is 0 Å². The third-order valence-corrected chi connectivity index (χ3v) is 5.04. The minimum Gasteiger partial charge on any atom is -0.328 e. The van der Waals surface area contributed by atoms with E-state index in [-0.39, 0.29) is 0 Å². The molecule has 1 heterocycles. The number of hydrogen-bond acceptors (Lipinski definition) is 2. The molecular formula is C16H24N2. The minimum absolute atomic E-state index is 0.379. The SMILES string of the molecule is CC1(c2ccccc2)CCN(C2CC(N)C2)CC1. The van der Waals surface area contributed by atoms with E-state index in [4.69, 9.17) is 5.73 Å². The Bertz CT molecular complexity index is 387. The van der Waals surface area contributed by atoms with Gasteiger partial charge < -0.3 is 10.6 Å². The standard InChI is InChI=1S/C16H24N2/c1-16(13-5-3-2-4-6-13)7-9-18(10-8-16)15-11-14(17)12-15/h2-6,14-15H,7-12,17H2,1H3. The normalized spacial score (nSPS) is 31.9. The van der Waals surface area contributed by atoms with Gasteiger partial charge in [0.2, 0.25) is 0 Å². The van der Waals surface area contributed by atoms with Gasteiger partial charge in [-0.05, 0) is 49.8 Å². The zero-order chi connectivity index (χ0) is 12.6. The first-order valence-corrected chi connectivity index (χ1v) is 7.22. The Balaban J connectivity index is 1.62. The molecule has 1 aromatic rings. The predicted molar refractivity (Wildman–Crippen MR) is 75.6 cm³/mol. The van der Waals surface area contributed by atoms with Gasteiger partial charge in [0, 0.05) is 12.1 Å². The van der Waals surface area contributed by atoms with Crippen LogP contribution in [0.5, 0.6) is 0 Å². The maximum absolute atomic E-state index is 5.89. The molecule has 1 aliphatic heterocycles. The molecule has 2 nitrogen and oxygen atoms in total. The largest absolute Gasteiger partial charge is 0.328 e. The Kier molecular flexibility index (Phi) is 3.16. The molecule has 98 valence electrons. The van der Waals surface area contributed by atoms with Crippen LogP contribution in [0.1, 0.15) is 38.2 Å². The second-order valence-corrected chi connectivity index (χ2v) is 6.35. The highest BCUT2D eigenvalue weighted by Gasteiger charge is 2.37. The average molecular weight is 244 g/mol. The van der Waals surface area contributed by atoms with Crippen molar-refractivity contribution in [3.05, 3.63) is 35.9 Å². The van der Waals surface area contributed by atoms with E-state index in [9.17, 15) is 0 Å². The van der Waals surface area contributed by atoms with Crippen LogP contribution in [-0.2, 0) is 5.41 Å². The molecule has 0 bridgehead atoms. The number of likely N-dealkylation sites (tertiary alicyclic amines) is 1. The molecule has 0 radical (unpaired) electrons. The first-order valence-electron chi connectivity index (χ1n) is 7.22. The van der Waals surface area contributed by atoms with Crippen LogP contribution in [0.3, 0.4) is 0 Å². The van der Waals surface area contributed by atoms with E-state index in [1.165, 1.54) is 44.3 Å². The van der Waals surface area contributed by atoms with Crippen molar-refractivity contribution in [3.63, 3.8) is 0 Å². The molecule has 2 heteroatoms. The number of nitrogens with two attached hydrogens (primary N) is 1. The summed E-state index contributed by atoms with van der Waals surface area (Å²) in [5.41, 5.74) is 7.78. The van der Waals surface area contributed by atoms with Crippen molar-refractivity contribution in [2.75, 3.05) is 13.1 Å². The summed E-state index contributed by atoms with van der Waals surface area (Å²) < 4.78 is 0. The summed E-state index contributed by atoms with van der Waals surface area (Å²) in [6, 6.07) is 12.3. The van der Waals surface area contributed by atoms with Crippen molar-refractivity contribution in [2.45, 2.75) is 50.1 Å². The molecule has 1 saturated heterocycles. The summed E-state index contributed by atoms with van der Waals surface area (Å²) in [6.07, 6.45) is 4.98. The van der Waals surface area contributed by atoms with Crippen LogP contribution in [0.25, 0.3) is 0 Å². The maximum Gasteiger partial charge on any atom is 0.0125 e. The molecule has 0 amide bonds. The first kappa shape index (κ1) is 12.2. The Hall–Kier alpha value is -0.860. The van der Waals surface area contributed by atoms with Gasteiger partial charge in [0.1, 0.15) is 0 Å². The topological polar surface area (TPSA) is 29.3 Å². The second-order valence-electron chi connectivity index (χ2n) is 6.35. The van der Waals surface area contributed by atoms with E-state index in [1.807, 2.05) is 0 Å². The Morgan fingerprint density at radius 2 is 1.72 bits per heavy atom. The fraction of sp³-hybridized carbons (Fsp3) is 0.625. The lowest BCUT2D eigenvalue weighted by Crippen LogP contribution is -2.54. The van der Waals surface area contributed by atoms with E-state index >= 15 is 0 Å². The number of hydrogen-bond donors (Lipinski definition) is 1. The van der Waals surface area contributed by atoms with E-state index in [0.717, 1.165) is 6.04 Å². The molecule has 1 aromatic carbocycles. The monoisotopic (exact) mass is 244 g/mol. The van der Waals surface area contributed by atoms with Crippen LogP contribution < -0.4 is 5.73 Å². The molecular weight excluding hydrogens is 220 g/mol. The highest BCUT2D eigenvalue weighted by molar-refractivity contribution is 5.25. The maximum atomic E-state index is 5.89. The zero-order valence-corrected chi connectivity index (χ0v) is 11.3. The lowest BCUT2D eigenvalue weighted by molar-refractivity contribution is 0.0663. The number of benzene rings is 1. The molecule has 2 fully saturated rings. The van der Waals surface area contributed by atoms with Crippen LogP contribution >= 0.6 is 0 Å². The zero-order valence-electron chi connectivity index (χ0n) is 11.3. The molecule has 0 atom stereocenters. The van der Waals surface area contributed by atoms with E-state index < -0.39 is 0 Å². The summed E-state index contributed by atoms with van der Waals surface area (Å²) in [6.45, 7) is 4.90. The van der Waals surface area contributed by atoms with E-state index in [1.54, 1.807) is 0 Å². The molecule has 1 saturated carbocycles. The molecule has 0 unspecified atom stereocenters. The van der Waals surface area contributed by atoms with Crippen LogP contribution in [0.4, 0.5) is 0 Å². The van der Waals surface area contributed by atoms with Crippen LogP contribution in [0.2, 0.25) is 0 Å². The summed E-state index contributed by atoms with van der Waals surface area (Å²) in [5.74, 6) is 0. The van der Waals surface area contributed by atoms with Crippen molar-refractivity contribution in [1.29, 1.82) is 0 Å². The molecule has 0 aromatic heterocycles. The lowest BCUT2D eigenvalue weighted by Gasteiger charge is -2.47. The van der Waals surface area contributed by atoms with Crippen LogP contribution in [-0.4, -0.2) is 30.1 Å². The summed E-state index contributed by atoms with van der Waals surface area (Å²) in [4.78, 5) is 2.66. The van der Waals surface area contributed by atoms with Crippen LogP contribution in [0, 0.1) is 0 Å². The minimum atomic E-state index is 0.379. The summed E-state index contributed by atoms with van der Waals surface area (Å²) in [7, 11) is 0. The van der Waals surface area contributed by atoms with Crippen molar-refractivity contribution in [2.24, 2.45) is 5.73 Å². The molecule has 18 heavy (non-hydrogen) atoms. The van der Waals surface area contributed by atoms with Gasteiger partial charge in [-0.3, -0.25) is 0 Å². The number of nitrogens with zero attached hydrogens (tertiary/aromatic N) is 1. The Labute approximate surface area is 110 Å². The Morgan fingerprint density at radius 3 is 2.28 bits per heavy atom. The van der Waals surface area contributed by atoms with Gasteiger partial charge in [0.05, 0.1) is 0 Å². The average Bonchev–Trinajstić information content (AvgIpc) is 2.38. The fourth-order valence-corrected chi connectivity index (χ4v) is 3.44. The number of piperidine rings is 1. The van der Waals surface area contributed by atoms with Gasteiger partial charge in [-0.1, -0.05) is 37.3 Å². The number of rotatable bonds is 2. The highest BCUT2D eigenvalue weighted by atomic mass is 15.2. The second kappa shape index (κ2) is 4.67. The summed E-state index contributed by atoms with van der Waals surface area (Å²) >= 11 is 0. The Morgan fingerprint density at radius 1 is 1.11 bits per heavy atom. The van der Waals surface area contributed by atoms with E-state index in [0.29, 0.717) is 11.5 Å². The predicted octanol–water partition coefficient (Wildman–Crippen LogP) is 2.53. The van der Waals surface area contributed by atoms with Gasteiger partial charge in [0.15, 0.2) is 0 Å². The molecule has 1 aliphatic carbocycles. The van der Waals surface area contributed by atoms with Crippen molar-refractivity contribution < 1.29 is 0 Å². The molecule has 3 rings (SSSR count). The van der Waals surface area contributed by atoms with Gasteiger partial charge in [-0.15, -0.1) is 0 Å². The van der Waals surface area contributed by atoms with Crippen molar-refractivity contribution in [3.8, 4) is 0 Å². The van der Waals surface area contributed by atoms with Crippen LogP contribution in [0.15, 0.2) is 30.3 Å². The third-order valence-electron chi connectivity index (χ3n) is 5.04. The fourth-order valence-electron chi connectivity index (χ4n) is 3.44. The smallest absolute Gasteiger partial charge is 0.0125 e. The van der Waals surface area contributed by atoms with Gasteiger partial charge >= 0.3 is 0 Å². The first-order chi connectivity index (χ1) is 8.67. The summed E-state index contributed by atoms with van der Waals surface area (Å²) in [5, 5.41) is 0. The van der Waals surface area contributed by atoms with Crippen molar-refractivity contribution >= 4 is 0 Å². The molecule has 2 N–H and O–H groups in total. The van der Waals surface area contributed by atoms with Gasteiger partial charge in [0.25, 0.3) is 0 Å². The van der Waals surface area contributed by atoms with Gasteiger partial charge in [-0.25, -0.2) is 0 Å². The lowest BCUT2D eigenvalue weighted by atomic mass is 9.73.